The predicted molar refractivity (Wildman–Crippen MR) is 270 cm³/mol. The maximum atomic E-state index is 12.6. The highest BCUT2D eigenvalue weighted by Crippen LogP contribution is 2.43. The van der Waals surface area contributed by atoms with E-state index in [9.17, 15) is 19.0 Å². The molecular formula is C54H90NO8P. The van der Waals surface area contributed by atoms with Crippen LogP contribution in [0.4, 0.5) is 0 Å². The molecule has 2 unspecified atom stereocenters. The molecule has 0 aromatic rings. The van der Waals surface area contributed by atoms with E-state index in [-0.39, 0.29) is 32.6 Å². The second-order valence-corrected chi connectivity index (χ2v) is 17.4. The van der Waals surface area contributed by atoms with Crippen LogP contribution in [0.25, 0.3) is 0 Å². The Balaban J connectivity index is 4.17. The lowest BCUT2D eigenvalue weighted by molar-refractivity contribution is -0.161. The second-order valence-electron chi connectivity index (χ2n) is 15.9. The number of allylic oxidation sites excluding steroid dienone is 18. The first-order chi connectivity index (χ1) is 31.3. The van der Waals surface area contributed by atoms with Crippen molar-refractivity contribution in [2.45, 2.75) is 193 Å². The number of carbonyl (C=O) groups excluding carboxylic acids is 2. The molecule has 64 heavy (non-hydrogen) atoms. The molecule has 0 heterocycles. The molecule has 2 atom stereocenters. The maximum Gasteiger partial charge on any atom is 0.472 e. The van der Waals surface area contributed by atoms with Crippen molar-refractivity contribution in [3.63, 3.8) is 0 Å². The van der Waals surface area contributed by atoms with Gasteiger partial charge in [-0.1, -0.05) is 181 Å². The van der Waals surface area contributed by atoms with Crippen LogP contribution < -0.4 is 5.73 Å². The van der Waals surface area contributed by atoms with Crippen molar-refractivity contribution >= 4 is 19.8 Å². The third-order valence-electron chi connectivity index (χ3n) is 9.89. The number of phosphoric ester groups is 1. The number of unbranched alkanes of at least 4 members (excludes halogenated alkanes) is 14. The van der Waals surface area contributed by atoms with Crippen LogP contribution in [-0.2, 0) is 32.7 Å². The zero-order valence-electron chi connectivity index (χ0n) is 40.2. The van der Waals surface area contributed by atoms with Crippen molar-refractivity contribution < 1.29 is 37.6 Å². The van der Waals surface area contributed by atoms with Crippen LogP contribution in [0.5, 0.6) is 0 Å². The molecule has 0 saturated carbocycles. The van der Waals surface area contributed by atoms with E-state index in [0.29, 0.717) is 12.8 Å². The summed E-state index contributed by atoms with van der Waals surface area (Å²) >= 11 is 0. The smallest absolute Gasteiger partial charge is 0.462 e. The number of rotatable bonds is 45. The summed E-state index contributed by atoms with van der Waals surface area (Å²) in [6.45, 7) is 3.55. The molecule has 0 aliphatic rings. The van der Waals surface area contributed by atoms with Gasteiger partial charge in [-0.05, 0) is 103 Å². The van der Waals surface area contributed by atoms with Gasteiger partial charge in [0.1, 0.15) is 6.61 Å². The minimum Gasteiger partial charge on any atom is -0.462 e. The quantitative estimate of drug-likeness (QED) is 0.0265. The number of phosphoric acid groups is 1. The van der Waals surface area contributed by atoms with E-state index in [0.717, 1.165) is 116 Å². The zero-order valence-corrected chi connectivity index (χ0v) is 41.1. The lowest BCUT2D eigenvalue weighted by Gasteiger charge is -2.19. The molecule has 0 rings (SSSR count). The van der Waals surface area contributed by atoms with Crippen LogP contribution in [0, 0.1) is 0 Å². The Hall–Kier alpha value is -3.33. The predicted octanol–water partition coefficient (Wildman–Crippen LogP) is 15.1. The largest absolute Gasteiger partial charge is 0.472 e. The third kappa shape index (κ3) is 48.1. The molecule has 9 nitrogen and oxygen atoms in total. The average Bonchev–Trinajstić information content (AvgIpc) is 3.28. The van der Waals surface area contributed by atoms with Crippen molar-refractivity contribution in [2.75, 3.05) is 26.4 Å². The highest BCUT2D eigenvalue weighted by Gasteiger charge is 2.26. The Morgan fingerprint density at radius 3 is 1.28 bits per heavy atom. The van der Waals surface area contributed by atoms with Crippen LogP contribution >= 0.6 is 7.82 Å². The van der Waals surface area contributed by atoms with E-state index in [4.69, 9.17) is 24.3 Å². The summed E-state index contributed by atoms with van der Waals surface area (Å²) in [6, 6.07) is 0. The molecule has 10 heteroatoms. The average molecular weight is 912 g/mol. The molecule has 3 N–H and O–H groups in total. The number of nitrogens with two attached hydrogens (primary N) is 1. The first-order valence-electron chi connectivity index (χ1n) is 24.9. The minimum atomic E-state index is -4.40. The van der Waals surface area contributed by atoms with Gasteiger partial charge >= 0.3 is 19.8 Å². The molecule has 0 radical (unpaired) electrons. The SMILES string of the molecule is CC/C=C\C/C=C\C/C=C\C/C=C\C/C=C\C/C=C\C/C=C\CCCCCCCC(=O)OC(COC(=O)CCCCCCC/C=C\C/C=C\CCCCCC)COP(=O)(O)OCCN. The molecule has 0 aromatic carbocycles. The summed E-state index contributed by atoms with van der Waals surface area (Å²) in [5, 5.41) is 0. The fourth-order valence-corrected chi connectivity index (χ4v) is 7.00. The van der Waals surface area contributed by atoms with Crippen molar-refractivity contribution in [1.82, 2.24) is 0 Å². The molecule has 0 aliphatic heterocycles. The third-order valence-corrected chi connectivity index (χ3v) is 10.9. The summed E-state index contributed by atoms with van der Waals surface area (Å²) in [4.78, 5) is 35.0. The summed E-state index contributed by atoms with van der Waals surface area (Å²) in [7, 11) is -4.40. The minimum absolute atomic E-state index is 0.0416. The standard InChI is InChI=1S/C54H90NO8P/c1-3-5-7-9-11-13-15-17-19-21-22-23-24-25-26-27-28-29-30-31-33-35-37-39-41-43-45-47-54(57)63-52(51-62-64(58,59)61-49-48-55)50-60-53(56)46-44-42-40-38-36-34-32-20-18-16-14-12-10-8-6-4-2/h5,7,11,13-14,16-17,19-20,22-23,25-26,28-29,31-33,52H,3-4,6,8-10,12,15,18,21,24,27,30,34-51,55H2,1-2H3,(H,58,59)/b7-5-,13-11-,16-14-,19-17-,23-22-,26-25-,29-28-,32-20-,33-31-. The van der Waals surface area contributed by atoms with Crippen molar-refractivity contribution in [1.29, 1.82) is 0 Å². The maximum absolute atomic E-state index is 12.6. The molecule has 0 bridgehead atoms. The molecular weight excluding hydrogens is 822 g/mol. The van der Waals surface area contributed by atoms with Crippen LogP contribution in [0.1, 0.15) is 187 Å². The van der Waals surface area contributed by atoms with E-state index >= 15 is 0 Å². The van der Waals surface area contributed by atoms with Crippen molar-refractivity contribution in [2.24, 2.45) is 5.73 Å². The number of carbonyl (C=O) groups is 2. The number of hydrogen-bond acceptors (Lipinski definition) is 8. The molecule has 0 aliphatic carbocycles. The highest BCUT2D eigenvalue weighted by molar-refractivity contribution is 7.47. The van der Waals surface area contributed by atoms with Gasteiger partial charge in [0.25, 0.3) is 0 Å². The molecule has 0 amide bonds. The van der Waals surface area contributed by atoms with Crippen LogP contribution in [0.15, 0.2) is 109 Å². The summed E-state index contributed by atoms with van der Waals surface area (Å²) in [5.41, 5.74) is 5.36. The number of esters is 2. The van der Waals surface area contributed by atoms with E-state index in [1.54, 1.807) is 0 Å². The van der Waals surface area contributed by atoms with E-state index in [1.165, 1.54) is 32.1 Å². The monoisotopic (exact) mass is 912 g/mol. The molecule has 364 valence electrons. The van der Waals surface area contributed by atoms with Crippen molar-refractivity contribution in [3.8, 4) is 0 Å². The zero-order chi connectivity index (χ0) is 46.7. The fraction of sp³-hybridized carbons (Fsp3) is 0.630. The Morgan fingerprint density at radius 1 is 0.484 bits per heavy atom. The number of hydrogen-bond donors (Lipinski definition) is 2. The normalized spacial score (nSPS) is 14.1. The topological polar surface area (TPSA) is 134 Å². The summed E-state index contributed by atoms with van der Waals surface area (Å²) in [5.74, 6) is -0.876. The first kappa shape index (κ1) is 60.7. The summed E-state index contributed by atoms with van der Waals surface area (Å²) in [6.07, 6.45) is 65.5. The highest BCUT2D eigenvalue weighted by atomic mass is 31.2. The van der Waals surface area contributed by atoms with Crippen molar-refractivity contribution in [3.05, 3.63) is 109 Å². The Bertz CT molecular complexity index is 1410. The van der Waals surface area contributed by atoms with Gasteiger partial charge in [0.15, 0.2) is 6.10 Å². The van der Waals surface area contributed by atoms with Gasteiger partial charge in [0.2, 0.25) is 0 Å². The van der Waals surface area contributed by atoms with Gasteiger partial charge in [-0.2, -0.15) is 0 Å². The van der Waals surface area contributed by atoms with E-state index in [2.05, 4.69) is 123 Å². The van der Waals surface area contributed by atoms with Crippen LogP contribution in [0.3, 0.4) is 0 Å². The Kier molecular flexibility index (Phi) is 46.6. The summed E-state index contributed by atoms with van der Waals surface area (Å²) < 4.78 is 32.9. The fourth-order valence-electron chi connectivity index (χ4n) is 6.23. The van der Waals surface area contributed by atoms with Gasteiger partial charge < -0.3 is 20.1 Å². The van der Waals surface area contributed by atoms with E-state index in [1.807, 2.05) is 0 Å². The van der Waals surface area contributed by atoms with Gasteiger partial charge in [-0.25, -0.2) is 4.57 Å². The number of ether oxygens (including phenoxy) is 2. The molecule has 0 fully saturated rings. The van der Waals surface area contributed by atoms with Gasteiger partial charge in [-0.15, -0.1) is 0 Å². The lowest BCUT2D eigenvalue weighted by atomic mass is 10.1. The van der Waals surface area contributed by atoms with Crippen LogP contribution in [-0.4, -0.2) is 49.3 Å². The second kappa shape index (κ2) is 49.1. The van der Waals surface area contributed by atoms with Gasteiger partial charge in [0.05, 0.1) is 13.2 Å². The molecule has 0 aromatic heterocycles. The Morgan fingerprint density at radius 2 is 0.859 bits per heavy atom. The Labute approximate surface area is 390 Å². The lowest BCUT2D eigenvalue weighted by Crippen LogP contribution is -2.29. The van der Waals surface area contributed by atoms with Gasteiger partial charge in [0, 0.05) is 19.4 Å². The first-order valence-corrected chi connectivity index (χ1v) is 26.4. The van der Waals surface area contributed by atoms with Gasteiger partial charge in [-0.3, -0.25) is 18.6 Å². The molecule has 0 spiro atoms. The van der Waals surface area contributed by atoms with Crippen LogP contribution in [0.2, 0.25) is 0 Å². The van der Waals surface area contributed by atoms with E-state index < -0.39 is 32.5 Å². The molecule has 0 saturated heterocycles.